The Morgan fingerprint density at radius 3 is 2.42 bits per heavy atom. The molecule has 0 bridgehead atoms. The molecule has 24 heavy (non-hydrogen) atoms. The van der Waals surface area contributed by atoms with Gasteiger partial charge in [-0.25, -0.2) is 0 Å². The van der Waals surface area contributed by atoms with Gasteiger partial charge in [0.25, 0.3) is 0 Å². The minimum atomic E-state index is -0.230. The van der Waals surface area contributed by atoms with Gasteiger partial charge in [-0.3, -0.25) is 9.28 Å². The SMILES string of the molecule is CC1(C)CC(=O)C([C@H]2c3cccc4cccc(c34)[N+]2(C)C)=C([O-])C1. The van der Waals surface area contributed by atoms with Crippen LogP contribution in [-0.2, 0) is 4.79 Å². The van der Waals surface area contributed by atoms with E-state index < -0.39 is 0 Å². The summed E-state index contributed by atoms with van der Waals surface area (Å²) in [5, 5.41) is 15.3. The lowest BCUT2D eigenvalue weighted by Gasteiger charge is -2.41. The Hall–Kier alpha value is -2.13. The summed E-state index contributed by atoms with van der Waals surface area (Å²) < 4.78 is 0.532. The largest absolute Gasteiger partial charge is 0.875 e. The fraction of sp³-hybridized carbons (Fsp3) is 0.381. The molecule has 0 saturated heterocycles. The maximum Gasteiger partial charge on any atom is 0.164 e. The third kappa shape index (κ3) is 1.97. The van der Waals surface area contributed by atoms with Gasteiger partial charge < -0.3 is 5.11 Å². The molecule has 3 heteroatoms. The number of nitrogens with zero attached hydrogens (tertiary/aromatic N) is 1. The molecule has 2 aromatic rings. The topological polar surface area (TPSA) is 40.1 Å². The number of hydrogen-bond acceptors (Lipinski definition) is 2. The van der Waals surface area contributed by atoms with E-state index in [1.807, 2.05) is 19.9 Å². The molecule has 4 rings (SSSR count). The van der Waals surface area contributed by atoms with E-state index in [1.54, 1.807) is 0 Å². The Morgan fingerprint density at radius 1 is 1.08 bits per heavy atom. The predicted molar refractivity (Wildman–Crippen MR) is 95.4 cm³/mol. The first kappa shape index (κ1) is 15.4. The van der Waals surface area contributed by atoms with E-state index in [1.165, 1.54) is 16.5 Å². The third-order valence-electron chi connectivity index (χ3n) is 5.63. The smallest absolute Gasteiger partial charge is 0.164 e. The van der Waals surface area contributed by atoms with Crippen LogP contribution in [0.2, 0.25) is 0 Å². The summed E-state index contributed by atoms with van der Waals surface area (Å²) in [5.74, 6) is 0.0505. The van der Waals surface area contributed by atoms with E-state index in [9.17, 15) is 9.90 Å². The maximum atomic E-state index is 12.9. The number of hydrogen-bond donors (Lipinski definition) is 0. The van der Waals surface area contributed by atoms with Crippen molar-refractivity contribution in [2.45, 2.75) is 32.7 Å². The zero-order valence-electron chi connectivity index (χ0n) is 14.7. The second kappa shape index (κ2) is 4.70. The van der Waals surface area contributed by atoms with Gasteiger partial charge in [-0.05, 0) is 23.3 Å². The molecule has 0 spiro atoms. The summed E-state index contributed by atoms with van der Waals surface area (Å²) >= 11 is 0. The highest BCUT2D eigenvalue weighted by Gasteiger charge is 2.47. The van der Waals surface area contributed by atoms with Gasteiger partial charge in [-0.2, -0.15) is 0 Å². The number of rotatable bonds is 1. The van der Waals surface area contributed by atoms with Crippen LogP contribution in [0.4, 0.5) is 5.69 Å². The molecule has 1 atom stereocenters. The molecule has 124 valence electrons. The normalized spacial score (nSPS) is 24.7. The van der Waals surface area contributed by atoms with Crippen LogP contribution in [0.1, 0.15) is 38.3 Å². The zero-order chi connectivity index (χ0) is 17.3. The van der Waals surface area contributed by atoms with Crippen molar-refractivity contribution >= 4 is 22.2 Å². The summed E-state index contributed by atoms with van der Waals surface area (Å²) in [7, 11) is 4.21. The van der Waals surface area contributed by atoms with Crippen LogP contribution in [0.3, 0.4) is 0 Å². The summed E-state index contributed by atoms with van der Waals surface area (Å²) in [6.45, 7) is 4.01. The molecule has 1 aliphatic heterocycles. The summed E-state index contributed by atoms with van der Waals surface area (Å²) in [6.07, 6.45) is 0.911. The number of carbonyl (C=O) groups excluding carboxylic acids is 1. The molecular weight excluding hydrogens is 298 g/mol. The standard InChI is InChI=1S/C21H23NO2/c1-21(2)11-16(23)19(17(24)12-21)20-14-9-5-7-13-8-6-10-15(18(13)14)22(20,3)4/h5-10,20H,11-12H2,1-4H3/t20-/m1/s1. The Kier molecular flexibility index (Phi) is 3.02. The Bertz CT molecular complexity index is 900. The molecule has 1 heterocycles. The van der Waals surface area contributed by atoms with E-state index in [4.69, 9.17) is 0 Å². The first-order chi connectivity index (χ1) is 11.2. The zero-order valence-corrected chi connectivity index (χ0v) is 14.7. The van der Waals surface area contributed by atoms with Crippen molar-refractivity contribution in [3.8, 4) is 0 Å². The summed E-state index contributed by atoms with van der Waals surface area (Å²) in [5.41, 5.74) is 2.57. The first-order valence-corrected chi connectivity index (χ1v) is 8.51. The highest BCUT2D eigenvalue weighted by Crippen LogP contribution is 2.52. The number of quaternary nitrogens is 1. The monoisotopic (exact) mass is 321 g/mol. The Morgan fingerprint density at radius 2 is 1.75 bits per heavy atom. The van der Waals surface area contributed by atoms with Crippen LogP contribution < -0.4 is 9.59 Å². The van der Waals surface area contributed by atoms with Crippen LogP contribution >= 0.6 is 0 Å². The number of benzene rings is 2. The van der Waals surface area contributed by atoms with Gasteiger partial charge in [0.1, 0.15) is 11.7 Å². The van der Waals surface area contributed by atoms with Crippen LogP contribution in [0, 0.1) is 5.41 Å². The number of allylic oxidation sites excluding steroid dienone is 1. The van der Waals surface area contributed by atoms with Crippen molar-refractivity contribution < 1.29 is 9.90 Å². The molecule has 0 N–H and O–H groups in total. The van der Waals surface area contributed by atoms with E-state index in [-0.39, 0.29) is 23.0 Å². The molecule has 0 fully saturated rings. The van der Waals surface area contributed by atoms with Crippen molar-refractivity contribution in [2.24, 2.45) is 5.41 Å². The van der Waals surface area contributed by atoms with Gasteiger partial charge >= 0.3 is 0 Å². The van der Waals surface area contributed by atoms with Crippen LogP contribution in [0.5, 0.6) is 0 Å². The van der Waals surface area contributed by atoms with Crippen LogP contribution in [0.15, 0.2) is 47.7 Å². The molecule has 3 nitrogen and oxygen atoms in total. The quantitative estimate of drug-likeness (QED) is 0.755. The minimum Gasteiger partial charge on any atom is -0.875 e. The highest BCUT2D eigenvalue weighted by atomic mass is 16.3. The lowest BCUT2D eigenvalue weighted by Crippen LogP contribution is -2.46. The van der Waals surface area contributed by atoms with Crippen LogP contribution in [-0.4, -0.2) is 19.9 Å². The van der Waals surface area contributed by atoms with Crippen molar-refractivity contribution in [3.63, 3.8) is 0 Å². The summed E-state index contributed by atoms with van der Waals surface area (Å²) in [4.78, 5) is 12.9. The molecule has 0 amide bonds. The van der Waals surface area contributed by atoms with E-state index >= 15 is 0 Å². The number of carbonyl (C=O) groups is 1. The average molecular weight is 321 g/mol. The first-order valence-electron chi connectivity index (χ1n) is 8.51. The van der Waals surface area contributed by atoms with Crippen molar-refractivity contribution in [3.05, 3.63) is 53.3 Å². The minimum absolute atomic E-state index is 0.0252. The summed E-state index contributed by atoms with van der Waals surface area (Å²) in [6, 6.07) is 12.3. The Labute approximate surface area is 142 Å². The second-order valence-electron chi connectivity index (χ2n) is 8.44. The van der Waals surface area contributed by atoms with Crippen molar-refractivity contribution in [2.75, 3.05) is 14.1 Å². The molecule has 0 radical (unpaired) electrons. The lowest BCUT2D eigenvalue weighted by atomic mass is 9.74. The van der Waals surface area contributed by atoms with Gasteiger partial charge in [0.05, 0.1) is 19.5 Å². The fourth-order valence-corrected chi connectivity index (χ4v) is 4.61. The number of ketones is 1. The third-order valence-corrected chi connectivity index (χ3v) is 5.63. The van der Waals surface area contributed by atoms with Gasteiger partial charge in [0.2, 0.25) is 0 Å². The average Bonchev–Trinajstić information content (AvgIpc) is 2.69. The van der Waals surface area contributed by atoms with Crippen molar-refractivity contribution in [1.29, 1.82) is 0 Å². The fourth-order valence-electron chi connectivity index (χ4n) is 4.61. The second-order valence-corrected chi connectivity index (χ2v) is 8.44. The van der Waals surface area contributed by atoms with Gasteiger partial charge in [0, 0.05) is 17.6 Å². The molecule has 1 aliphatic carbocycles. The molecule has 0 saturated carbocycles. The van der Waals surface area contributed by atoms with E-state index in [0.717, 1.165) is 5.56 Å². The molecule has 2 aliphatic rings. The van der Waals surface area contributed by atoms with E-state index in [2.05, 4.69) is 44.4 Å². The predicted octanol–water partition coefficient (Wildman–Crippen LogP) is 3.46. The van der Waals surface area contributed by atoms with Gasteiger partial charge in [-0.1, -0.05) is 44.2 Å². The molecule has 0 unspecified atom stereocenters. The Balaban J connectivity index is 1.98. The maximum absolute atomic E-state index is 12.9. The lowest BCUT2D eigenvalue weighted by molar-refractivity contribution is -0.313. The number of Topliss-reactive ketones (excluding diaryl/α,β-unsaturated/α-hetero) is 1. The molecule has 0 aromatic heterocycles. The molecule has 2 aromatic carbocycles. The highest BCUT2D eigenvalue weighted by molar-refractivity contribution is 6.04. The van der Waals surface area contributed by atoms with Gasteiger partial charge in [-0.15, -0.1) is 5.76 Å². The number of likely N-dealkylation sites (N-methyl/N-ethyl adjacent to an activating group) is 1. The van der Waals surface area contributed by atoms with E-state index in [0.29, 0.717) is 22.9 Å². The van der Waals surface area contributed by atoms with Crippen LogP contribution in [0.25, 0.3) is 10.8 Å². The van der Waals surface area contributed by atoms with Crippen molar-refractivity contribution in [1.82, 2.24) is 4.48 Å². The van der Waals surface area contributed by atoms with Gasteiger partial charge in [0.15, 0.2) is 5.78 Å². The molecular formula is C21H23NO2.